The third kappa shape index (κ3) is 8.33. The van der Waals surface area contributed by atoms with Gasteiger partial charge in [0.2, 0.25) is 11.8 Å². The fourth-order valence-electron chi connectivity index (χ4n) is 3.85. The zero-order chi connectivity index (χ0) is 25.5. The van der Waals surface area contributed by atoms with Gasteiger partial charge in [0.05, 0.1) is 0 Å². The summed E-state index contributed by atoms with van der Waals surface area (Å²) in [5.41, 5.74) is 1.19. The Morgan fingerprint density at radius 1 is 1.09 bits per heavy atom. The number of ether oxygens (including phenoxy) is 1. The van der Waals surface area contributed by atoms with E-state index < -0.39 is 23.8 Å². The summed E-state index contributed by atoms with van der Waals surface area (Å²) in [6.45, 7) is 13.8. The molecule has 2 N–H and O–H groups in total. The van der Waals surface area contributed by atoms with Crippen molar-refractivity contribution in [2.24, 2.45) is 5.92 Å². The van der Waals surface area contributed by atoms with E-state index in [9.17, 15) is 14.4 Å². The highest BCUT2D eigenvalue weighted by Crippen LogP contribution is 2.36. The molecule has 1 aromatic rings. The van der Waals surface area contributed by atoms with Gasteiger partial charge in [-0.1, -0.05) is 63.4 Å². The summed E-state index contributed by atoms with van der Waals surface area (Å²) in [6.07, 6.45) is 4.05. The lowest BCUT2D eigenvalue weighted by Crippen LogP contribution is -2.55. The van der Waals surface area contributed by atoms with E-state index in [1.165, 1.54) is 0 Å². The van der Waals surface area contributed by atoms with Crippen molar-refractivity contribution in [1.29, 1.82) is 0 Å². The van der Waals surface area contributed by atoms with Crippen LogP contribution in [0.4, 0.5) is 4.79 Å². The molecule has 1 saturated carbocycles. The maximum absolute atomic E-state index is 13.9. The summed E-state index contributed by atoms with van der Waals surface area (Å²) in [7, 11) is 0. The normalized spacial score (nSPS) is 15.4. The van der Waals surface area contributed by atoms with Crippen molar-refractivity contribution >= 4 is 17.9 Å². The number of benzene rings is 1. The van der Waals surface area contributed by atoms with Crippen LogP contribution in [0.1, 0.15) is 90.8 Å². The maximum Gasteiger partial charge on any atom is 0.408 e. The first-order valence-electron chi connectivity index (χ1n) is 12.6. The highest BCUT2D eigenvalue weighted by atomic mass is 16.6. The van der Waals surface area contributed by atoms with Crippen LogP contribution in [0.2, 0.25) is 0 Å². The Morgan fingerprint density at radius 2 is 1.71 bits per heavy atom. The highest BCUT2D eigenvalue weighted by molar-refractivity contribution is 5.92. The molecule has 1 aliphatic carbocycles. The molecular formula is C27H43N3O4. The summed E-state index contributed by atoms with van der Waals surface area (Å²) in [5, 5.41) is 5.81. The Bertz CT molecular complexity index is 825. The second-order valence-electron chi connectivity index (χ2n) is 10.7. The molecule has 0 saturated heterocycles. The molecule has 7 nitrogen and oxygen atoms in total. The third-order valence-electron chi connectivity index (χ3n) is 5.80. The van der Waals surface area contributed by atoms with Crippen LogP contribution in [0.5, 0.6) is 0 Å². The van der Waals surface area contributed by atoms with Crippen LogP contribution in [0.15, 0.2) is 24.3 Å². The molecule has 2 rings (SSSR count). The van der Waals surface area contributed by atoms with Gasteiger partial charge < -0.3 is 20.3 Å². The number of nitrogens with one attached hydrogen (secondary N) is 2. The smallest absolute Gasteiger partial charge is 0.408 e. The SMILES string of the molecule is CCCCCNC(=O)C(c1ccc(C)cc1)N(C(=O)C(NC(=O)OC(C)(C)C)C(C)C)C1CC1. The number of hydrogen-bond acceptors (Lipinski definition) is 4. The number of rotatable bonds is 11. The minimum absolute atomic E-state index is 0.0260. The van der Waals surface area contributed by atoms with E-state index in [0.717, 1.165) is 43.2 Å². The number of alkyl carbamates (subject to hydrolysis) is 1. The van der Waals surface area contributed by atoms with Gasteiger partial charge in [0, 0.05) is 12.6 Å². The lowest BCUT2D eigenvalue weighted by molar-refractivity contribution is -0.144. The standard InChI is InChI=1S/C27H43N3O4/c1-8-9-10-17-28-24(31)23(20-13-11-19(4)12-14-20)30(21-15-16-21)25(32)22(18(2)3)29-26(33)34-27(5,6)7/h11-14,18,21-23H,8-10,15-17H2,1-7H3,(H,28,31)(H,29,33). The van der Waals surface area contributed by atoms with E-state index in [1.807, 2.05) is 45.0 Å². The van der Waals surface area contributed by atoms with E-state index in [-0.39, 0.29) is 23.8 Å². The van der Waals surface area contributed by atoms with Crippen molar-refractivity contribution in [3.8, 4) is 0 Å². The second-order valence-corrected chi connectivity index (χ2v) is 10.7. The van der Waals surface area contributed by atoms with Crippen molar-refractivity contribution in [3.05, 3.63) is 35.4 Å². The number of hydrogen-bond donors (Lipinski definition) is 2. The average molecular weight is 474 g/mol. The van der Waals surface area contributed by atoms with Crippen LogP contribution in [-0.2, 0) is 14.3 Å². The van der Waals surface area contributed by atoms with Gasteiger partial charge in [0.15, 0.2) is 0 Å². The summed E-state index contributed by atoms with van der Waals surface area (Å²) < 4.78 is 5.41. The number of nitrogens with zero attached hydrogens (tertiary/aromatic N) is 1. The summed E-state index contributed by atoms with van der Waals surface area (Å²) in [6, 6.07) is 6.18. The zero-order valence-corrected chi connectivity index (χ0v) is 21.9. The highest BCUT2D eigenvalue weighted by Gasteiger charge is 2.44. The Morgan fingerprint density at radius 3 is 2.21 bits per heavy atom. The molecule has 0 radical (unpaired) electrons. The van der Waals surface area contributed by atoms with E-state index in [0.29, 0.717) is 6.54 Å². The molecule has 0 spiro atoms. The Hall–Kier alpha value is -2.57. The van der Waals surface area contributed by atoms with Crippen LogP contribution >= 0.6 is 0 Å². The number of aryl methyl sites for hydroxylation is 1. The van der Waals surface area contributed by atoms with Gasteiger partial charge in [-0.25, -0.2) is 4.79 Å². The van der Waals surface area contributed by atoms with Gasteiger partial charge in [0.1, 0.15) is 17.7 Å². The van der Waals surface area contributed by atoms with Crippen molar-refractivity contribution in [2.75, 3.05) is 6.54 Å². The van der Waals surface area contributed by atoms with E-state index in [1.54, 1.807) is 25.7 Å². The van der Waals surface area contributed by atoms with E-state index in [2.05, 4.69) is 17.6 Å². The lowest BCUT2D eigenvalue weighted by Gasteiger charge is -2.35. The first kappa shape index (κ1) is 27.7. The molecule has 34 heavy (non-hydrogen) atoms. The quantitative estimate of drug-likeness (QED) is 0.448. The van der Waals surface area contributed by atoms with Crippen LogP contribution in [0, 0.1) is 12.8 Å². The summed E-state index contributed by atoms with van der Waals surface area (Å²) in [4.78, 5) is 41.6. The van der Waals surface area contributed by atoms with E-state index >= 15 is 0 Å². The fraction of sp³-hybridized carbons (Fsp3) is 0.667. The number of unbranched alkanes of at least 4 members (excludes halogenated alkanes) is 2. The van der Waals surface area contributed by atoms with Gasteiger partial charge in [-0.2, -0.15) is 0 Å². The van der Waals surface area contributed by atoms with Crippen LogP contribution < -0.4 is 10.6 Å². The summed E-state index contributed by atoms with van der Waals surface area (Å²) in [5.74, 6) is -0.606. The molecule has 1 aliphatic rings. The monoisotopic (exact) mass is 473 g/mol. The molecule has 2 unspecified atom stereocenters. The minimum atomic E-state index is -0.795. The van der Waals surface area contributed by atoms with Crippen molar-refractivity contribution in [3.63, 3.8) is 0 Å². The topological polar surface area (TPSA) is 87.7 Å². The van der Waals surface area contributed by atoms with Crippen molar-refractivity contribution in [2.45, 2.75) is 104 Å². The van der Waals surface area contributed by atoms with E-state index in [4.69, 9.17) is 4.74 Å². The van der Waals surface area contributed by atoms with Crippen molar-refractivity contribution in [1.82, 2.24) is 15.5 Å². The third-order valence-corrected chi connectivity index (χ3v) is 5.80. The molecule has 0 heterocycles. The van der Waals surface area contributed by atoms with Crippen LogP contribution in [0.25, 0.3) is 0 Å². The van der Waals surface area contributed by atoms with Gasteiger partial charge in [-0.15, -0.1) is 0 Å². The molecular weight excluding hydrogens is 430 g/mol. The Balaban J connectivity index is 2.35. The number of amides is 3. The zero-order valence-electron chi connectivity index (χ0n) is 21.9. The molecule has 2 atom stereocenters. The lowest BCUT2D eigenvalue weighted by atomic mass is 9.98. The molecule has 1 fully saturated rings. The largest absolute Gasteiger partial charge is 0.444 e. The Kier molecular flexibility index (Phi) is 9.95. The van der Waals surface area contributed by atoms with Crippen molar-refractivity contribution < 1.29 is 19.1 Å². The van der Waals surface area contributed by atoms with Gasteiger partial charge in [0.25, 0.3) is 0 Å². The molecule has 7 heteroatoms. The average Bonchev–Trinajstić information content (AvgIpc) is 3.57. The molecule has 0 bridgehead atoms. The molecule has 1 aromatic carbocycles. The first-order valence-corrected chi connectivity index (χ1v) is 12.6. The molecule has 0 aliphatic heterocycles. The van der Waals surface area contributed by atoms with Gasteiger partial charge >= 0.3 is 6.09 Å². The Labute approximate surface area is 205 Å². The predicted octanol–water partition coefficient (Wildman–Crippen LogP) is 4.88. The van der Waals surface area contributed by atoms with Crippen LogP contribution in [-0.4, -0.2) is 47.0 Å². The number of carbonyl (C=O) groups excluding carboxylic acids is 3. The minimum Gasteiger partial charge on any atom is -0.444 e. The molecule has 3 amide bonds. The molecule has 190 valence electrons. The first-order chi connectivity index (χ1) is 15.9. The van der Waals surface area contributed by atoms with Crippen LogP contribution in [0.3, 0.4) is 0 Å². The predicted molar refractivity (Wildman–Crippen MR) is 134 cm³/mol. The van der Waals surface area contributed by atoms with Gasteiger partial charge in [-0.05, 0) is 58.4 Å². The van der Waals surface area contributed by atoms with Gasteiger partial charge in [-0.3, -0.25) is 9.59 Å². The molecule has 0 aromatic heterocycles. The fourth-order valence-corrected chi connectivity index (χ4v) is 3.85. The summed E-state index contributed by atoms with van der Waals surface area (Å²) >= 11 is 0. The maximum atomic E-state index is 13.9. The number of carbonyl (C=O) groups is 3. The second kappa shape index (κ2) is 12.2.